The third-order valence-electron chi connectivity index (χ3n) is 5.88. The lowest BCUT2D eigenvalue weighted by atomic mass is 10.1. The molecule has 4 aromatic rings. The lowest BCUT2D eigenvalue weighted by Crippen LogP contribution is -2.09. The normalized spacial score (nSPS) is 10.6. The van der Waals surface area contributed by atoms with Gasteiger partial charge in [-0.25, -0.2) is 0 Å². The zero-order chi connectivity index (χ0) is 30.0. The first kappa shape index (κ1) is 29.4. The van der Waals surface area contributed by atoms with Gasteiger partial charge in [0.25, 0.3) is 0 Å². The molecule has 0 amide bonds. The molecule has 0 radical (unpaired) electrons. The average Bonchev–Trinajstić information content (AvgIpc) is 3.01. The number of esters is 2. The van der Waals surface area contributed by atoms with Gasteiger partial charge in [-0.05, 0) is 85.0 Å². The summed E-state index contributed by atoms with van der Waals surface area (Å²) in [6.45, 7) is 9.21. The number of carbonyl (C=O) groups is 2. The van der Waals surface area contributed by atoms with Crippen molar-refractivity contribution in [3.05, 3.63) is 79.1 Å². The van der Waals surface area contributed by atoms with Gasteiger partial charge in [0, 0.05) is 13.8 Å². The quantitative estimate of drug-likeness (QED) is 0.161. The van der Waals surface area contributed by atoms with Crippen molar-refractivity contribution in [2.24, 2.45) is 0 Å². The Labute approximate surface area is 228 Å². The molecule has 0 atom stereocenters. The summed E-state index contributed by atoms with van der Waals surface area (Å²) in [6.07, 6.45) is 0. The van der Waals surface area contributed by atoms with Crippen molar-refractivity contribution < 1.29 is 39.5 Å². The van der Waals surface area contributed by atoms with E-state index in [1.54, 1.807) is 45.9 Å². The van der Waals surface area contributed by atoms with Gasteiger partial charge in [-0.15, -0.1) is 0 Å². The van der Waals surface area contributed by atoms with Crippen molar-refractivity contribution in [3.8, 4) is 34.5 Å². The van der Waals surface area contributed by atoms with E-state index in [4.69, 9.17) is 9.47 Å². The molecule has 40 heavy (non-hydrogen) atoms. The van der Waals surface area contributed by atoms with Crippen LogP contribution in [-0.2, 0) is 9.59 Å². The number of phenols is 2. The van der Waals surface area contributed by atoms with Gasteiger partial charge in [-0.1, -0.05) is 12.1 Å². The minimum atomic E-state index is -0.666. The fourth-order valence-electron chi connectivity index (χ4n) is 4.25. The first-order valence-electron chi connectivity index (χ1n) is 12.0. The molecule has 0 spiro atoms. The highest BCUT2D eigenvalue weighted by Gasteiger charge is 2.21. The van der Waals surface area contributed by atoms with Gasteiger partial charge < -0.3 is 29.9 Å². The van der Waals surface area contributed by atoms with Gasteiger partial charge in [0.15, 0.2) is 34.5 Å². The Hall–Kier alpha value is -5.12. The summed E-state index contributed by atoms with van der Waals surface area (Å²) in [4.78, 5) is 46.3. The van der Waals surface area contributed by atoms with Crippen molar-refractivity contribution in [1.29, 1.82) is 0 Å². The van der Waals surface area contributed by atoms with E-state index in [9.17, 15) is 39.6 Å². The van der Waals surface area contributed by atoms with Gasteiger partial charge in [-0.2, -0.15) is 0 Å². The van der Waals surface area contributed by atoms with Crippen molar-refractivity contribution in [3.63, 3.8) is 0 Å². The minimum absolute atomic E-state index is 0.00115. The Balaban J connectivity index is 0.000000230. The molecule has 0 unspecified atom stereocenters. The maximum Gasteiger partial charge on any atom is 0.308 e. The molecule has 0 fully saturated rings. The third kappa shape index (κ3) is 5.96. The minimum Gasteiger partial charge on any atom is -0.504 e. The third-order valence-corrected chi connectivity index (χ3v) is 5.88. The molecule has 0 aliphatic heterocycles. The second-order valence-electron chi connectivity index (χ2n) is 9.34. The Morgan fingerprint density at radius 3 is 1.65 bits per heavy atom. The molecule has 4 aromatic carbocycles. The Morgan fingerprint density at radius 1 is 0.600 bits per heavy atom. The van der Waals surface area contributed by atoms with Crippen molar-refractivity contribution in [1.82, 2.24) is 0 Å². The molecule has 0 aromatic heterocycles. The highest BCUT2D eigenvalue weighted by molar-refractivity contribution is 5.99. The van der Waals surface area contributed by atoms with Crippen LogP contribution >= 0.6 is 0 Å². The maximum absolute atomic E-state index is 12.0. The number of hydrogen-bond acceptors (Lipinski definition) is 10. The largest absolute Gasteiger partial charge is 0.504 e. The fourth-order valence-corrected chi connectivity index (χ4v) is 4.25. The summed E-state index contributed by atoms with van der Waals surface area (Å²) in [6, 6.07) is 8.95. The van der Waals surface area contributed by atoms with E-state index >= 15 is 0 Å². The van der Waals surface area contributed by atoms with E-state index in [-0.39, 0.29) is 28.0 Å². The van der Waals surface area contributed by atoms with Crippen molar-refractivity contribution in [2.45, 2.75) is 41.5 Å². The molecule has 208 valence electrons. The second kappa shape index (κ2) is 11.3. The molecule has 0 heterocycles. The second-order valence-corrected chi connectivity index (χ2v) is 9.34. The SMILES string of the molecule is CC(=O)Oc1c(C)cc2cc(C)cc(=O)c(O)c2c1OC(C)=O.Cc1cc(=O)c(O)c2c(O)c(O)cc(C)c2c1. The van der Waals surface area contributed by atoms with E-state index in [0.717, 1.165) is 0 Å². The zero-order valence-electron chi connectivity index (χ0n) is 22.7. The van der Waals surface area contributed by atoms with Crippen molar-refractivity contribution in [2.75, 3.05) is 0 Å². The number of aromatic hydroxyl groups is 4. The van der Waals surface area contributed by atoms with Crippen LogP contribution in [0, 0.1) is 27.7 Å². The number of fused-ring (bicyclic) bond motifs is 2. The Kier molecular flexibility index (Phi) is 8.33. The molecular weight excluding hydrogens is 520 g/mol. The zero-order valence-corrected chi connectivity index (χ0v) is 22.7. The molecule has 4 N–H and O–H groups in total. The number of hydrogen-bond donors (Lipinski definition) is 4. The number of carbonyl (C=O) groups excluding carboxylic acids is 2. The summed E-state index contributed by atoms with van der Waals surface area (Å²) in [5.74, 6) is -3.38. The Bertz CT molecular complexity index is 1820. The summed E-state index contributed by atoms with van der Waals surface area (Å²) < 4.78 is 10.3. The number of rotatable bonds is 2. The topological polar surface area (TPSA) is 168 Å². The van der Waals surface area contributed by atoms with E-state index in [1.807, 2.05) is 0 Å². The average molecular weight is 549 g/mol. The number of phenolic OH excluding ortho intramolecular Hbond substituents is 2. The van der Waals surface area contributed by atoms with Gasteiger partial charge in [-0.3, -0.25) is 19.2 Å². The van der Waals surface area contributed by atoms with Crippen LogP contribution < -0.4 is 20.3 Å². The highest BCUT2D eigenvalue weighted by Crippen LogP contribution is 2.42. The molecule has 0 aliphatic rings. The van der Waals surface area contributed by atoms with Gasteiger partial charge in [0.2, 0.25) is 10.9 Å². The summed E-state index contributed by atoms with van der Waals surface area (Å²) >= 11 is 0. The number of aryl methyl sites for hydroxylation is 4. The summed E-state index contributed by atoms with van der Waals surface area (Å²) in [7, 11) is 0. The van der Waals surface area contributed by atoms with Gasteiger partial charge in [0.1, 0.15) is 0 Å². The summed E-state index contributed by atoms with van der Waals surface area (Å²) in [5, 5.41) is 40.3. The molecule has 0 aliphatic carbocycles. The van der Waals surface area contributed by atoms with E-state index in [1.165, 1.54) is 32.0 Å². The van der Waals surface area contributed by atoms with E-state index in [2.05, 4.69) is 0 Å². The molecule has 0 saturated carbocycles. The first-order chi connectivity index (χ1) is 18.6. The fraction of sp³-hybridized carbons (Fsp3) is 0.200. The lowest BCUT2D eigenvalue weighted by Gasteiger charge is -2.14. The van der Waals surface area contributed by atoms with Crippen LogP contribution in [0.2, 0.25) is 0 Å². The molecule has 0 bridgehead atoms. The van der Waals surface area contributed by atoms with Crippen LogP contribution in [0.1, 0.15) is 36.1 Å². The molecular formula is C30H28O10. The van der Waals surface area contributed by atoms with Crippen LogP contribution in [-0.4, -0.2) is 32.4 Å². The van der Waals surface area contributed by atoms with Crippen LogP contribution in [0.5, 0.6) is 34.5 Å². The predicted molar refractivity (Wildman–Crippen MR) is 149 cm³/mol. The predicted octanol–water partition coefficient (Wildman–Crippen LogP) is 4.31. The van der Waals surface area contributed by atoms with Crippen LogP contribution in [0.4, 0.5) is 0 Å². The standard InChI is InChI=1S/C17H16O6.C13H12O4/c1-8-5-12-7-9(2)16(22-10(3)18)17(23-11(4)19)14(12)15(21)13(20)6-8;1-6-3-8-7(2)5-10(15)13(17)11(8)12(16)9(14)4-6/h5-7H,1-4H3,(H,20,21);3-5,15,17H,1-2H3,(H,14,16). The molecule has 0 saturated heterocycles. The Morgan fingerprint density at radius 2 is 1.10 bits per heavy atom. The molecule has 4 rings (SSSR count). The highest BCUT2D eigenvalue weighted by atomic mass is 16.6. The van der Waals surface area contributed by atoms with Crippen LogP contribution in [0.15, 0.2) is 46.0 Å². The monoisotopic (exact) mass is 548 g/mol. The van der Waals surface area contributed by atoms with Gasteiger partial charge >= 0.3 is 11.9 Å². The molecule has 10 nitrogen and oxygen atoms in total. The summed E-state index contributed by atoms with van der Waals surface area (Å²) in [5.41, 5.74) is 1.30. The van der Waals surface area contributed by atoms with Crippen LogP contribution in [0.25, 0.3) is 21.5 Å². The number of benzene rings is 2. The first-order valence-corrected chi connectivity index (χ1v) is 12.0. The lowest BCUT2D eigenvalue weighted by molar-refractivity contribution is -0.134. The van der Waals surface area contributed by atoms with Crippen molar-refractivity contribution >= 4 is 33.5 Å². The molecule has 10 heteroatoms. The van der Waals surface area contributed by atoms with Crippen LogP contribution in [0.3, 0.4) is 0 Å². The van der Waals surface area contributed by atoms with Gasteiger partial charge in [0.05, 0.1) is 10.8 Å². The number of ether oxygens (including phenoxy) is 2. The smallest absolute Gasteiger partial charge is 0.308 e. The van der Waals surface area contributed by atoms with E-state index < -0.39 is 40.0 Å². The van der Waals surface area contributed by atoms with E-state index in [0.29, 0.717) is 33.0 Å². The maximum atomic E-state index is 12.0.